The number of hydrogen-bond donors (Lipinski definition) is 1. The Kier molecular flexibility index (Phi) is 7.53. The number of amides is 1. The Bertz CT molecular complexity index is 505. The smallest absolute Gasteiger partial charge is 0.223 e. The molecule has 2 aliphatic rings. The molecule has 134 valence electrons. The van der Waals surface area contributed by atoms with Crippen molar-refractivity contribution in [1.82, 2.24) is 10.2 Å². The van der Waals surface area contributed by atoms with Crippen LogP contribution >= 0.6 is 12.4 Å². The number of hydrogen-bond acceptors (Lipinski definition) is 3. The van der Waals surface area contributed by atoms with Crippen LogP contribution in [0.1, 0.15) is 44.2 Å². The van der Waals surface area contributed by atoms with Crippen molar-refractivity contribution in [1.29, 1.82) is 0 Å². The van der Waals surface area contributed by atoms with Crippen LogP contribution in [0.4, 0.5) is 0 Å². The van der Waals surface area contributed by atoms with Crippen LogP contribution in [0.5, 0.6) is 0 Å². The van der Waals surface area contributed by atoms with Crippen LogP contribution in [0.3, 0.4) is 0 Å². The molecule has 3 rings (SSSR count). The molecule has 1 aromatic rings. The summed E-state index contributed by atoms with van der Waals surface area (Å²) in [5, 5.41) is 3.39. The number of nitrogens with zero attached hydrogens (tertiary/aromatic N) is 1. The second-order valence-corrected chi connectivity index (χ2v) is 6.85. The van der Waals surface area contributed by atoms with E-state index < -0.39 is 0 Å². The van der Waals surface area contributed by atoms with Gasteiger partial charge in [-0.1, -0.05) is 30.3 Å². The van der Waals surface area contributed by atoms with Crippen LogP contribution in [0.2, 0.25) is 0 Å². The van der Waals surface area contributed by atoms with Gasteiger partial charge in [0.15, 0.2) is 0 Å². The summed E-state index contributed by atoms with van der Waals surface area (Å²) in [4.78, 5) is 14.9. The highest BCUT2D eigenvalue weighted by molar-refractivity contribution is 5.85. The molecule has 0 saturated carbocycles. The molecule has 2 aliphatic heterocycles. The SMILES string of the molecule is CC1CN(C(=O)CCC2CCNCC2)C(c2ccccc2)CO1.Cl. The maximum absolute atomic E-state index is 12.8. The van der Waals surface area contributed by atoms with Gasteiger partial charge in [-0.3, -0.25) is 4.79 Å². The van der Waals surface area contributed by atoms with Gasteiger partial charge in [-0.2, -0.15) is 0 Å². The van der Waals surface area contributed by atoms with Gasteiger partial charge in [0.25, 0.3) is 0 Å². The third-order valence-electron chi connectivity index (χ3n) is 5.10. The number of carbonyl (C=O) groups is 1. The topological polar surface area (TPSA) is 41.6 Å². The van der Waals surface area contributed by atoms with Gasteiger partial charge in [0.05, 0.1) is 18.8 Å². The van der Waals surface area contributed by atoms with Crippen molar-refractivity contribution in [2.24, 2.45) is 5.92 Å². The highest BCUT2D eigenvalue weighted by atomic mass is 35.5. The van der Waals surface area contributed by atoms with Crippen molar-refractivity contribution in [3.8, 4) is 0 Å². The number of carbonyl (C=O) groups excluding carboxylic acids is 1. The van der Waals surface area contributed by atoms with Crippen molar-refractivity contribution in [2.75, 3.05) is 26.2 Å². The highest BCUT2D eigenvalue weighted by Gasteiger charge is 2.31. The summed E-state index contributed by atoms with van der Waals surface area (Å²) >= 11 is 0. The molecule has 1 amide bonds. The van der Waals surface area contributed by atoms with E-state index in [1.807, 2.05) is 30.0 Å². The zero-order chi connectivity index (χ0) is 16.1. The quantitative estimate of drug-likeness (QED) is 0.904. The third-order valence-corrected chi connectivity index (χ3v) is 5.10. The van der Waals surface area contributed by atoms with E-state index in [1.165, 1.54) is 18.4 Å². The van der Waals surface area contributed by atoms with E-state index in [0.717, 1.165) is 19.5 Å². The van der Waals surface area contributed by atoms with Crippen LogP contribution in [0.15, 0.2) is 30.3 Å². The van der Waals surface area contributed by atoms with Gasteiger partial charge >= 0.3 is 0 Å². The Labute approximate surface area is 151 Å². The second-order valence-electron chi connectivity index (χ2n) is 6.85. The minimum absolute atomic E-state index is 0. The van der Waals surface area contributed by atoms with E-state index in [4.69, 9.17) is 4.74 Å². The van der Waals surface area contributed by atoms with Gasteiger partial charge in [0.1, 0.15) is 0 Å². The molecule has 0 aliphatic carbocycles. The molecule has 0 aromatic heterocycles. The average molecular weight is 353 g/mol. The van der Waals surface area contributed by atoms with Crippen molar-refractivity contribution in [3.63, 3.8) is 0 Å². The molecular formula is C19H29ClN2O2. The summed E-state index contributed by atoms with van der Waals surface area (Å²) in [7, 11) is 0. The summed E-state index contributed by atoms with van der Waals surface area (Å²) in [6, 6.07) is 10.3. The predicted octanol–water partition coefficient (Wildman–Crippen LogP) is 3.18. The Morgan fingerprint density at radius 1 is 1.25 bits per heavy atom. The van der Waals surface area contributed by atoms with Gasteiger partial charge in [-0.05, 0) is 50.8 Å². The van der Waals surface area contributed by atoms with E-state index >= 15 is 0 Å². The summed E-state index contributed by atoms with van der Waals surface area (Å²) in [6.07, 6.45) is 4.22. The lowest BCUT2D eigenvalue weighted by molar-refractivity contribution is -0.145. The van der Waals surface area contributed by atoms with Gasteiger partial charge in [-0.25, -0.2) is 0 Å². The van der Waals surface area contributed by atoms with Gasteiger partial charge < -0.3 is 15.0 Å². The largest absolute Gasteiger partial charge is 0.374 e. The average Bonchev–Trinajstić information content (AvgIpc) is 2.61. The Hall–Kier alpha value is -1.10. The lowest BCUT2D eigenvalue weighted by atomic mass is 9.92. The molecular weight excluding hydrogens is 324 g/mol. The zero-order valence-electron chi connectivity index (χ0n) is 14.4. The number of benzene rings is 1. The zero-order valence-corrected chi connectivity index (χ0v) is 15.3. The van der Waals surface area contributed by atoms with Crippen molar-refractivity contribution in [2.45, 2.75) is 44.8 Å². The van der Waals surface area contributed by atoms with Crippen molar-refractivity contribution >= 4 is 18.3 Å². The minimum Gasteiger partial charge on any atom is -0.374 e. The third kappa shape index (κ3) is 4.95. The van der Waals surface area contributed by atoms with E-state index in [0.29, 0.717) is 25.5 Å². The first-order valence-corrected chi connectivity index (χ1v) is 8.91. The highest BCUT2D eigenvalue weighted by Crippen LogP contribution is 2.28. The van der Waals surface area contributed by atoms with Crippen LogP contribution in [-0.4, -0.2) is 43.2 Å². The number of nitrogens with one attached hydrogen (secondary N) is 1. The first-order valence-electron chi connectivity index (χ1n) is 8.91. The van der Waals surface area contributed by atoms with E-state index in [1.54, 1.807) is 0 Å². The lowest BCUT2D eigenvalue weighted by Gasteiger charge is -2.39. The number of ether oxygens (including phenoxy) is 1. The molecule has 24 heavy (non-hydrogen) atoms. The Morgan fingerprint density at radius 3 is 2.67 bits per heavy atom. The number of halogens is 1. The first kappa shape index (κ1) is 19.2. The number of rotatable bonds is 4. The molecule has 2 saturated heterocycles. The second kappa shape index (κ2) is 9.40. The van der Waals surface area contributed by atoms with Gasteiger partial charge in [-0.15, -0.1) is 12.4 Å². The van der Waals surface area contributed by atoms with Crippen molar-refractivity contribution in [3.05, 3.63) is 35.9 Å². The van der Waals surface area contributed by atoms with Crippen LogP contribution in [0.25, 0.3) is 0 Å². The molecule has 0 radical (unpaired) electrons. The maximum atomic E-state index is 12.8. The van der Waals surface area contributed by atoms with Crippen molar-refractivity contribution < 1.29 is 9.53 Å². The van der Waals surface area contributed by atoms with E-state index in [2.05, 4.69) is 17.4 Å². The fourth-order valence-corrected chi connectivity index (χ4v) is 3.67. The molecule has 2 heterocycles. The molecule has 0 spiro atoms. The molecule has 2 fully saturated rings. The van der Waals surface area contributed by atoms with Crippen LogP contribution < -0.4 is 5.32 Å². The Balaban J connectivity index is 0.00000208. The molecule has 4 nitrogen and oxygen atoms in total. The van der Waals surface area contributed by atoms with E-state index in [9.17, 15) is 4.79 Å². The molecule has 5 heteroatoms. The fourth-order valence-electron chi connectivity index (χ4n) is 3.67. The standard InChI is InChI=1S/C19H28N2O2.ClH/c1-15-13-21(18(14-23-15)17-5-3-2-4-6-17)19(22)8-7-16-9-11-20-12-10-16;/h2-6,15-16,18,20H,7-14H2,1H3;1H. The van der Waals surface area contributed by atoms with E-state index in [-0.39, 0.29) is 30.5 Å². The molecule has 1 aromatic carbocycles. The summed E-state index contributed by atoms with van der Waals surface area (Å²) in [5.74, 6) is 0.987. The van der Waals surface area contributed by atoms with Crippen LogP contribution in [0, 0.1) is 5.92 Å². The molecule has 0 bridgehead atoms. The number of piperidine rings is 1. The first-order chi connectivity index (χ1) is 11.2. The lowest BCUT2D eigenvalue weighted by Crippen LogP contribution is -2.46. The summed E-state index contributed by atoms with van der Waals surface area (Å²) in [6.45, 7) is 5.54. The monoisotopic (exact) mass is 352 g/mol. The minimum atomic E-state index is 0. The number of morpholine rings is 1. The van der Waals surface area contributed by atoms with Gasteiger partial charge in [0, 0.05) is 13.0 Å². The fraction of sp³-hybridized carbons (Fsp3) is 0.632. The maximum Gasteiger partial charge on any atom is 0.223 e. The van der Waals surface area contributed by atoms with Crippen LogP contribution in [-0.2, 0) is 9.53 Å². The molecule has 2 unspecified atom stereocenters. The van der Waals surface area contributed by atoms with Gasteiger partial charge in [0.2, 0.25) is 5.91 Å². The predicted molar refractivity (Wildman–Crippen MR) is 98.4 cm³/mol. The normalized spacial score (nSPS) is 25.1. The molecule has 1 N–H and O–H groups in total. The summed E-state index contributed by atoms with van der Waals surface area (Å²) < 4.78 is 5.82. The summed E-state index contributed by atoms with van der Waals surface area (Å²) in [5.41, 5.74) is 1.18. The Morgan fingerprint density at radius 2 is 1.96 bits per heavy atom. The molecule has 2 atom stereocenters.